The van der Waals surface area contributed by atoms with Gasteiger partial charge in [-0.1, -0.05) is 6.92 Å². The first-order valence-corrected chi connectivity index (χ1v) is 5.31. The van der Waals surface area contributed by atoms with Crippen molar-refractivity contribution in [3.05, 3.63) is 0 Å². The summed E-state index contributed by atoms with van der Waals surface area (Å²) < 4.78 is 5.46. The van der Waals surface area contributed by atoms with Gasteiger partial charge in [0.15, 0.2) is 0 Å². The van der Waals surface area contributed by atoms with Crippen LogP contribution in [0.15, 0.2) is 0 Å². The van der Waals surface area contributed by atoms with Gasteiger partial charge in [-0.25, -0.2) is 0 Å². The lowest BCUT2D eigenvalue weighted by Crippen LogP contribution is -2.42. The van der Waals surface area contributed by atoms with Gasteiger partial charge in [0.1, 0.15) is 6.04 Å². The third-order valence-corrected chi connectivity index (χ3v) is 2.49. The lowest BCUT2D eigenvalue weighted by Gasteiger charge is -2.27. The van der Waals surface area contributed by atoms with Crippen LogP contribution >= 0.6 is 0 Å². The number of carboxylic acid groups (broad SMARTS) is 1. The first-order chi connectivity index (χ1) is 6.74. The summed E-state index contributed by atoms with van der Waals surface area (Å²) in [4.78, 5) is 10.8. The second-order valence-electron chi connectivity index (χ2n) is 3.73. The van der Waals surface area contributed by atoms with Gasteiger partial charge < -0.3 is 15.2 Å². The predicted molar refractivity (Wildman–Crippen MR) is 53.3 cm³/mol. The van der Waals surface area contributed by atoms with Crippen molar-refractivity contribution in [1.82, 2.24) is 5.32 Å². The summed E-state index contributed by atoms with van der Waals surface area (Å²) in [5.41, 5.74) is 0. The molecule has 1 unspecified atom stereocenters. The van der Waals surface area contributed by atoms with E-state index in [1.54, 1.807) is 0 Å². The lowest BCUT2D eigenvalue weighted by molar-refractivity contribution is -0.142. The average Bonchev–Trinajstić information content (AvgIpc) is 2.07. The first kappa shape index (κ1) is 11.5. The van der Waals surface area contributed by atoms with Crippen molar-refractivity contribution in [2.24, 2.45) is 0 Å². The Kier molecular flexibility index (Phi) is 4.90. The van der Waals surface area contributed by atoms with E-state index in [0.29, 0.717) is 12.7 Å². The Morgan fingerprint density at radius 2 is 2.36 bits per heavy atom. The average molecular weight is 201 g/mol. The molecular formula is C10H19NO3. The molecule has 4 nitrogen and oxygen atoms in total. The van der Waals surface area contributed by atoms with E-state index in [2.05, 4.69) is 5.32 Å². The minimum atomic E-state index is -0.822. The van der Waals surface area contributed by atoms with E-state index in [0.717, 1.165) is 25.8 Å². The number of nitrogens with one attached hydrogen (secondary N) is 1. The van der Waals surface area contributed by atoms with Crippen LogP contribution in [-0.2, 0) is 9.53 Å². The molecule has 0 saturated heterocycles. The van der Waals surface area contributed by atoms with E-state index >= 15 is 0 Å². The van der Waals surface area contributed by atoms with Gasteiger partial charge in [-0.15, -0.1) is 0 Å². The summed E-state index contributed by atoms with van der Waals surface area (Å²) in [7, 11) is 0. The van der Waals surface area contributed by atoms with E-state index in [9.17, 15) is 4.79 Å². The largest absolute Gasteiger partial charge is 0.480 e. The Morgan fingerprint density at radius 1 is 1.64 bits per heavy atom. The Balaban J connectivity index is 2.16. The molecule has 0 aromatic heterocycles. The number of aliphatic carboxylic acids is 1. The molecule has 4 heteroatoms. The quantitative estimate of drug-likeness (QED) is 0.645. The van der Waals surface area contributed by atoms with Crippen LogP contribution in [-0.4, -0.2) is 36.4 Å². The molecule has 14 heavy (non-hydrogen) atoms. The second-order valence-corrected chi connectivity index (χ2v) is 3.73. The van der Waals surface area contributed by atoms with Crippen molar-refractivity contribution in [2.45, 2.75) is 44.8 Å². The van der Waals surface area contributed by atoms with Gasteiger partial charge in [0, 0.05) is 0 Å². The Hall–Kier alpha value is -0.610. The molecule has 0 spiro atoms. The highest BCUT2D eigenvalue weighted by atomic mass is 16.5. The molecule has 0 aromatic carbocycles. The molecule has 0 amide bonds. The van der Waals surface area contributed by atoms with Gasteiger partial charge in [-0.2, -0.15) is 0 Å². The predicted octanol–water partition coefficient (Wildman–Crippen LogP) is 1.01. The molecule has 1 aliphatic carbocycles. The molecule has 0 heterocycles. The number of carbonyl (C=O) groups is 1. The Labute approximate surface area is 84.6 Å². The summed E-state index contributed by atoms with van der Waals surface area (Å²) >= 11 is 0. The highest BCUT2D eigenvalue weighted by Gasteiger charge is 2.22. The van der Waals surface area contributed by atoms with Crippen molar-refractivity contribution in [3.8, 4) is 0 Å². The Morgan fingerprint density at radius 3 is 2.79 bits per heavy atom. The molecule has 1 atom stereocenters. The van der Waals surface area contributed by atoms with Crippen molar-refractivity contribution in [1.29, 1.82) is 0 Å². The summed E-state index contributed by atoms with van der Waals surface area (Å²) in [6.45, 7) is 3.03. The topological polar surface area (TPSA) is 58.6 Å². The molecule has 0 aromatic rings. The van der Waals surface area contributed by atoms with Crippen LogP contribution in [0, 0.1) is 0 Å². The summed E-state index contributed by atoms with van der Waals surface area (Å²) in [6.07, 6.45) is 4.62. The lowest BCUT2D eigenvalue weighted by atomic mass is 9.96. The standard InChI is InChI=1S/C10H19NO3/c1-2-6-11-9(10(12)13)7-14-8-4-3-5-8/h8-9,11H,2-7H2,1H3,(H,12,13). The zero-order valence-corrected chi connectivity index (χ0v) is 8.66. The summed E-state index contributed by atoms with van der Waals surface area (Å²) in [5, 5.41) is 11.8. The number of hydrogen-bond donors (Lipinski definition) is 2. The van der Waals surface area contributed by atoms with Crippen LogP contribution in [0.1, 0.15) is 32.6 Å². The normalized spacial score (nSPS) is 18.9. The fourth-order valence-electron chi connectivity index (χ4n) is 1.31. The smallest absolute Gasteiger partial charge is 0.323 e. The summed E-state index contributed by atoms with van der Waals surface area (Å²) in [5.74, 6) is -0.822. The third kappa shape index (κ3) is 3.64. The maximum absolute atomic E-state index is 10.8. The van der Waals surface area contributed by atoms with Crippen LogP contribution < -0.4 is 5.32 Å². The minimum absolute atomic E-state index is 0.292. The van der Waals surface area contributed by atoms with E-state index in [-0.39, 0.29) is 0 Å². The zero-order valence-electron chi connectivity index (χ0n) is 8.66. The van der Waals surface area contributed by atoms with Crippen molar-refractivity contribution in [3.63, 3.8) is 0 Å². The summed E-state index contributed by atoms with van der Waals surface area (Å²) in [6, 6.07) is -0.546. The van der Waals surface area contributed by atoms with Gasteiger partial charge in [-0.05, 0) is 32.2 Å². The number of ether oxygens (including phenoxy) is 1. The van der Waals surface area contributed by atoms with Crippen molar-refractivity contribution >= 4 is 5.97 Å². The minimum Gasteiger partial charge on any atom is -0.480 e. The monoisotopic (exact) mass is 201 g/mol. The molecule has 2 N–H and O–H groups in total. The van der Waals surface area contributed by atoms with Crippen LogP contribution in [0.25, 0.3) is 0 Å². The maximum atomic E-state index is 10.8. The van der Waals surface area contributed by atoms with Gasteiger partial charge in [0.05, 0.1) is 12.7 Å². The molecule has 1 saturated carbocycles. The SMILES string of the molecule is CCCNC(COC1CCC1)C(=O)O. The third-order valence-electron chi connectivity index (χ3n) is 2.49. The molecule has 0 aliphatic heterocycles. The zero-order chi connectivity index (χ0) is 10.4. The molecular weight excluding hydrogens is 182 g/mol. The van der Waals surface area contributed by atoms with E-state index in [1.165, 1.54) is 6.42 Å². The number of hydrogen-bond acceptors (Lipinski definition) is 3. The molecule has 0 radical (unpaired) electrons. The van der Waals surface area contributed by atoms with Gasteiger partial charge in [0.25, 0.3) is 0 Å². The van der Waals surface area contributed by atoms with Gasteiger partial charge in [-0.3, -0.25) is 4.79 Å². The van der Waals surface area contributed by atoms with Gasteiger partial charge >= 0.3 is 5.97 Å². The van der Waals surface area contributed by atoms with Crippen molar-refractivity contribution < 1.29 is 14.6 Å². The second kappa shape index (κ2) is 5.98. The molecule has 82 valence electrons. The van der Waals surface area contributed by atoms with Crippen LogP contribution in [0.3, 0.4) is 0 Å². The highest BCUT2D eigenvalue weighted by molar-refractivity contribution is 5.73. The van der Waals surface area contributed by atoms with Crippen LogP contribution in [0.4, 0.5) is 0 Å². The Bertz CT molecular complexity index is 180. The van der Waals surface area contributed by atoms with E-state index in [4.69, 9.17) is 9.84 Å². The molecule has 1 aliphatic rings. The van der Waals surface area contributed by atoms with E-state index < -0.39 is 12.0 Å². The maximum Gasteiger partial charge on any atom is 0.323 e. The van der Waals surface area contributed by atoms with Gasteiger partial charge in [0.2, 0.25) is 0 Å². The first-order valence-electron chi connectivity index (χ1n) is 5.31. The fraction of sp³-hybridized carbons (Fsp3) is 0.900. The highest BCUT2D eigenvalue weighted by Crippen LogP contribution is 2.21. The number of carboxylic acids is 1. The molecule has 0 bridgehead atoms. The van der Waals surface area contributed by atoms with Crippen molar-refractivity contribution in [2.75, 3.05) is 13.2 Å². The van der Waals surface area contributed by atoms with E-state index in [1.807, 2.05) is 6.92 Å². The fourth-order valence-corrected chi connectivity index (χ4v) is 1.31. The number of rotatable bonds is 7. The van der Waals surface area contributed by atoms with Crippen LogP contribution in [0.5, 0.6) is 0 Å². The molecule has 1 rings (SSSR count). The molecule has 1 fully saturated rings. The van der Waals surface area contributed by atoms with Crippen LogP contribution in [0.2, 0.25) is 0 Å².